The zero-order valence-corrected chi connectivity index (χ0v) is 7.86. The topological polar surface area (TPSA) is 15.3 Å². The smallest absolute Gasteiger partial charge is 0.0933 e. The van der Waals surface area contributed by atoms with E-state index in [4.69, 9.17) is 0 Å². The van der Waals surface area contributed by atoms with Crippen molar-refractivity contribution in [3.8, 4) is 0 Å². The summed E-state index contributed by atoms with van der Waals surface area (Å²) in [5, 5.41) is 3.08. The number of hydrogen-bond acceptors (Lipinski definition) is 2. The highest BCUT2D eigenvalue weighted by Gasteiger charge is 1.88. The Morgan fingerprint density at radius 3 is 2.00 bits per heavy atom. The van der Waals surface area contributed by atoms with Gasteiger partial charge in [-0.3, -0.25) is 0 Å². The maximum atomic E-state index is 3.76. The van der Waals surface area contributed by atoms with Crippen molar-refractivity contribution in [2.45, 2.75) is 20.8 Å². The van der Waals surface area contributed by atoms with Gasteiger partial charge in [-0.2, -0.15) is 0 Å². The second kappa shape index (κ2) is 8.34. The zero-order chi connectivity index (χ0) is 8.57. The summed E-state index contributed by atoms with van der Waals surface area (Å²) in [7, 11) is 3.93. The van der Waals surface area contributed by atoms with Gasteiger partial charge in [0.1, 0.15) is 0 Å². The Labute approximate surface area is 66.4 Å². The quantitative estimate of drug-likeness (QED) is 0.654. The minimum atomic E-state index is 0. The van der Waals surface area contributed by atoms with Gasteiger partial charge in [0, 0.05) is 22.1 Å². The van der Waals surface area contributed by atoms with E-state index >= 15 is 0 Å². The molecule has 64 valence electrons. The van der Waals surface area contributed by atoms with E-state index in [1.807, 2.05) is 32.8 Å². The van der Waals surface area contributed by atoms with Crippen LogP contribution in [-0.4, -0.2) is 25.5 Å². The monoisotopic (exact) mass is 146 g/mol. The Balaban J connectivity index is -0.000000196. The third kappa shape index (κ3) is 7.34. The minimum Gasteiger partial charge on any atom is -0.373 e. The first kappa shape index (κ1) is 12.1. The fraction of sp³-hybridized carbons (Fsp3) is 0.750. The van der Waals surface area contributed by atoms with Crippen LogP contribution in [0.2, 0.25) is 0 Å². The third-order valence-electron chi connectivity index (χ3n) is 0.921. The second-order valence-electron chi connectivity index (χ2n) is 1.87. The van der Waals surface area contributed by atoms with Crippen LogP contribution in [0.1, 0.15) is 22.2 Å². The van der Waals surface area contributed by atoms with Crippen molar-refractivity contribution in [3.05, 3.63) is 12.4 Å². The Morgan fingerprint density at radius 2 is 1.90 bits per heavy atom. The molecule has 0 saturated carbocycles. The molecule has 0 radical (unpaired) electrons. The highest BCUT2D eigenvalue weighted by atomic mass is 15.2. The van der Waals surface area contributed by atoms with E-state index in [2.05, 4.69) is 18.8 Å². The molecule has 0 rings (SSSR count). The van der Waals surface area contributed by atoms with Crippen LogP contribution >= 0.6 is 0 Å². The first-order valence-corrected chi connectivity index (χ1v) is 3.78. The van der Waals surface area contributed by atoms with Crippen LogP contribution < -0.4 is 5.32 Å². The van der Waals surface area contributed by atoms with Crippen molar-refractivity contribution in [2.75, 3.05) is 20.6 Å². The number of rotatable bonds is 3. The molecule has 0 heterocycles. The van der Waals surface area contributed by atoms with Crippen LogP contribution in [0.5, 0.6) is 0 Å². The summed E-state index contributed by atoms with van der Waals surface area (Å²) in [6, 6.07) is 0. The summed E-state index contributed by atoms with van der Waals surface area (Å²) in [4.78, 5) is 1.95. The Kier molecular flexibility index (Phi) is 10.1. The Morgan fingerprint density at radius 1 is 1.50 bits per heavy atom. The third-order valence-corrected chi connectivity index (χ3v) is 0.921. The first-order valence-electron chi connectivity index (χ1n) is 3.78. The predicted molar refractivity (Wildman–Crippen MR) is 50.0 cm³/mol. The molecule has 0 saturated heterocycles. The van der Waals surface area contributed by atoms with Gasteiger partial charge in [0.05, 0.1) is 5.82 Å². The van der Waals surface area contributed by atoms with E-state index in [0.717, 1.165) is 12.4 Å². The molecule has 10 heavy (non-hydrogen) atoms. The van der Waals surface area contributed by atoms with Crippen LogP contribution in [0.25, 0.3) is 0 Å². The molecule has 0 aliphatic rings. The normalized spacial score (nSPS) is 7.30. The lowest BCUT2D eigenvalue weighted by molar-refractivity contribution is 0.468. The lowest BCUT2D eigenvalue weighted by Gasteiger charge is -2.15. The van der Waals surface area contributed by atoms with E-state index in [1.54, 1.807) is 0 Å². The van der Waals surface area contributed by atoms with E-state index in [0.29, 0.717) is 0 Å². The number of hydrogen-bond donors (Lipinski definition) is 1. The fourth-order valence-corrected chi connectivity index (χ4v) is 0.362. The molecule has 0 amide bonds. The van der Waals surface area contributed by atoms with E-state index in [1.165, 1.54) is 0 Å². The SMILES string of the molecule is C=C(NCC)N(C)C.CC.[HH]. The molecular weight excluding hydrogens is 124 g/mol. The molecule has 0 bridgehead atoms. The lowest BCUT2D eigenvalue weighted by Crippen LogP contribution is -2.23. The van der Waals surface area contributed by atoms with Crippen LogP contribution in [0.3, 0.4) is 0 Å². The predicted octanol–water partition coefficient (Wildman–Crippen LogP) is 1.90. The van der Waals surface area contributed by atoms with Gasteiger partial charge in [-0.25, -0.2) is 0 Å². The molecular formula is C8H22N2. The molecule has 0 aromatic heterocycles. The van der Waals surface area contributed by atoms with Crippen LogP contribution in [0.15, 0.2) is 12.4 Å². The van der Waals surface area contributed by atoms with Gasteiger partial charge >= 0.3 is 0 Å². The van der Waals surface area contributed by atoms with Gasteiger partial charge in [0.25, 0.3) is 0 Å². The average molecular weight is 146 g/mol. The minimum absolute atomic E-state index is 0. The van der Waals surface area contributed by atoms with Crippen molar-refractivity contribution in [1.29, 1.82) is 0 Å². The average Bonchev–Trinajstić information content (AvgIpc) is 1.93. The van der Waals surface area contributed by atoms with Crippen molar-refractivity contribution < 1.29 is 1.43 Å². The largest absolute Gasteiger partial charge is 0.373 e. The van der Waals surface area contributed by atoms with Crippen molar-refractivity contribution in [2.24, 2.45) is 0 Å². The van der Waals surface area contributed by atoms with Gasteiger partial charge < -0.3 is 10.2 Å². The molecule has 0 aliphatic carbocycles. The molecule has 2 nitrogen and oxygen atoms in total. The van der Waals surface area contributed by atoms with Gasteiger partial charge in [-0.05, 0) is 6.92 Å². The maximum Gasteiger partial charge on any atom is 0.0933 e. The van der Waals surface area contributed by atoms with Gasteiger partial charge in [0.2, 0.25) is 0 Å². The van der Waals surface area contributed by atoms with Gasteiger partial charge in [0.15, 0.2) is 0 Å². The standard InChI is InChI=1S/C6H14N2.C2H6.H2/c1-5-7-6(2)8(3)4;1-2;/h7H,2,5H2,1,3-4H3;1-2H3;1H. The van der Waals surface area contributed by atoms with Crippen molar-refractivity contribution in [3.63, 3.8) is 0 Å². The van der Waals surface area contributed by atoms with Crippen LogP contribution in [0.4, 0.5) is 0 Å². The molecule has 0 fully saturated rings. The van der Waals surface area contributed by atoms with Crippen molar-refractivity contribution >= 4 is 0 Å². The number of nitrogens with one attached hydrogen (secondary N) is 1. The second-order valence-corrected chi connectivity index (χ2v) is 1.87. The number of nitrogens with zero attached hydrogens (tertiary/aromatic N) is 1. The fourth-order valence-electron chi connectivity index (χ4n) is 0.362. The summed E-state index contributed by atoms with van der Waals surface area (Å²) in [6.07, 6.45) is 0. The molecule has 0 aromatic carbocycles. The molecule has 2 heteroatoms. The summed E-state index contributed by atoms with van der Waals surface area (Å²) in [5.74, 6) is 0.965. The van der Waals surface area contributed by atoms with E-state index in [9.17, 15) is 0 Å². The van der Waals surface area contributed by atoms with Gasteiger partial charge in [-0.15, -0.1) is 0 Å². The highest BCUT2D eigenvalue weighted by Crippen LogP contribution is 1.84. The molecule has 0 aliphatic heterocycles. The van der Waals surface area contributed by atoms with Crippen molar-refractivity contribution in [1.82, 2.24) is 10.2 Å². The molecule has 0 unspecified atom stereocenters. The lowest BCUT2D eigenvalue weighted by atomic mass is 10.6. The molecule has 0 atom stereocenters. The Bertz CT molecular complexity index is 82.2. The summed E-state index contributed by atoms with van der Waals surface area (Å²) in [5.41, 5.74) is 0. The first-order chi connectivity index (χ1) is 4.68. The summed E-state index contributed by atoms with van der Waals surface area (Å²) in [6.45, 7) is 10.8. The summed E-state index contributed by atoms with van der Waals surface area (Å²) >= 11 is 0. The van der Waals surface area contributed by atoms with E-state index < -0.39 is 0 Å². The van der Waals surface area contributed by atoms with Crippen LogP contribution in [-0.2, 0) is 0 Å². The maximum absolute atomic E-state index is 3.76. The van der Waals surface area contributed by atoms with E-state index in [-0.39, 0.29) is 1.43 Å². The molecule has 1 N–H and O–H groups in total. The summed E-state index contributed by atoms with van der Waals surface area (Å²) < 4.78 is 0. The zero-order valence-electron chi connectivity index (χ0n) is 7.86. The molecule has 0 spiro atoms. The van der Waals surface area contributed by atoms with Crippen LogP contribution in [0, 0.1) is 0 Å². The Hall–Kier alpha value is -0.660. The molecule has 0 aromatic rings. The highest BCUT2D eigenvalue weighted by molar-refractivity contribution is 4.86. The van der Waals surface area contributed by atoms with Gasteiger partial charge in [-0.1, -0.05) is 20.4 Å².